The van der Waals surface area contributed by atoms with Gasteiger partial charge in [-0.3, -0.25) is 4.90 Å². The molecule has 0 unspecified atom stereocenters. The molecule has 0 spiro atoms. The van der Waals surface area contributed by atoms with Crippen LogP contribution in [-0.4, -0.2) is 37.2 Å². The summed E-state index contributed by atoms with van der Waals surface area (Å²) in [5, 5.41) is 0. The molecule has 1 aliphatic heterocycles. The van der Waals surface area contributed by atoms with Crippen molar-refractivity contribution in [2.24, 2.45) is 0 Å². The quantitative estimate of drug-likeness (QED) is 0.722. The summed E-state index contributed by atoms with van der Waals surface area (Å²) < 4.78 is 5.38. The number of ether oxygens (including phenoxy) is 1. The SMILES string of the molecule is C=C[C@@H](CCc1ccccc1)N1CCOCC1. The highest BCUT2D eigenvalue weighted by Gasteiger charge is 2.17. The Balaban J connectivity index is 1.85. The van der Waals surface area contributed by atoms with Gasteiger partial charge < -0.3 is 4.74 Å². The highest BCUT2D eigenvalue weighted by molar-refractivity contribution is 5.15. The van der Waals surface area contributed by atoms with Gasteiger partial charge in [-0.1, -0.05) is 36.4 Å². The van der Waals surface area contributed by atoms with Gasteiger partial charge >= 0.3 is 0 Å². The van der Waals surface area contributed by atoms with E-state index in [2.05, 4.69) is 47.9 Å². The standard InChI is InChI=1S/C15H21NO/c1-2-15(16-10-12-17-13-11-16)9-8-14-6-4-3-5-7-14/h2-7,15H,1,8-13H2/t15-/m0/s1. The van der Waals surface area contributed by atoms with Gasteiger partial charge in [0.2, 0.25) is 0 Å². The molecule has 1 saturated heterocycles. The lowest BCUT2D eigenvalue weighted by atomic mass is 10.0. The van der Waals surface area contributed by atoms with E-state index in [0.29, 0.717) is 6.04 Å². The van der Waals surface area contributed by atoms with Crippen LogP contribution >= 0.6 is 0 Å². The molecule has 1 aliphatic rings. The number of aryl methyl sites for hydroxylation is 1. The van der Waals surface area contributed by atoms with Crippen molar-refractivity contribution in [1.82, 2.24) is 4.90 Å². The normalized spacial score (nSPS) is 18.8. The van der Waals surface area contributed by atoms with E-state index in [1.807, 2.05) is 0 Å². The van der Waals surface area contributed by atoms with Gasteiger partial charge in [0.05, 0.1) is 13.2 Å². The maximum Gasteiger partial charge on any atom is 0.0594 e. The lowest BCUT2D eigenvalue weighted by Gasteiger charge is -2.32. The van der Waals surface area contributed by atoms with Gasteiger partial charge in [-0.25, -0.2) is 0 Å². The Morgan fingerprint density at radius 3 is 2.59 bits per heavy atom. The molecule has 92 valence electrons. The summed E-state index contributed by atoms with van der Waals surface area (Å²) >= 11 is 0. The van der Waals surface area contributed by atoms with E-state index < -0.39 is 0 Å². The van der Waals surface area contributed by atoms with Crippen LogP contribution in [0.15, 0.2) is 43.0 Å². The molecule has 2 rings (SSSR count). The topological polar surface area (TPSA) is 12.5 Å². The molecule has 2 nitrogen and oxygen atoms in total. The first-order valence-corrected chi connectivity index (χ1v) is 6.38. The van der Waals surface area contributed by atoms with Crippen molar-refractivity contribution in [2.75, 3.05) is 26.3 Å². The van der Waals surface area contributed by atoms with Crippen LogP contribution in [0.1, 0.15) is 12.0 Å². The molecule has 1 heterocycles. The maximum atomic E-state index is 5.38. The third-order valence-electron chi connectivity index (χ3n) is 3.36. The highest BCUT2D eigenvalue weighted by atomic mass is 16.5. The third-order valence-corrected chi connectivity index (χ3v) is 3.36. The fourth-order valence-electron chi connectivity index (χ4n) is 2.32. The van der Waals surface area contributed by atoms with Crippen molar-refractivity contribution >= 4 is 0 Å². The second-order valence-corrected chi connectivity index (χ2v) is 4.48. The Bertz CT molecular complexity index is 330. The number of hydrogen-bond acceptors (Lipinski definition) is 2. The van der Waals surface area contributed by atoms with Crippen LogP contribution in [0.4, 0.5) is 0 Å². The van der Waals surface area contributed by atoms with Crippen molar-refractivity contribution in [3.8, 4) is 0 Å². The Kier molecular flexibility index (Phi) is 4.77. The van der Waals surface area contributed by atoms with Crippen molar-refractivity contribution in [3.63, 3.8) is 0 Å². The van der Waals surface area contributed by atoms with E-state index in [0.717, 1.165) is 39.1 Å². The molecular weight excluding hydrogens is 210 g/mol. The highest BCUT2D eigenvalue weighted by Crippen LogP contribution is 2.12. The van der Waals surface area contributed by atoms with Crippen LogP contribution in [0.25, 0.3) is 0 Å². The van der Waals surface area contributed by atoms with E-state index in [1.54, 1.807) is 0 Å². The monoisotopic (exact) mass is 231 g/mol. The lowest BCUT2D eigenvalue weighted by molar-refractivity contribution is 0.0243. The Morgan fingerprint density at radius 1 is 1.24 bits per heavy atom. The molecule has 1 aromatic carbocycles. The molecular formula is C15H21NO. The number of rotatable bonds is 5. The minimum atomic E-state index is 0.485. The van der Waals surface area contributed by atoms with Gasteiger partial charge in [-0.15, -0.1) is 6.58 Å². The fourth-order valence-corrected chi connectivity index (χ4v) is 2.32. The van der Waals surface area contributed by atoms with E-state index in [1.165, 1.54) is 5.56 Å². The van der Waals surface area contributed by atoms with E-state index in [4.69, 9.17) is 4.74 Å². The fraction of sp³-hybridized carbons (Fsp3) is 0.467. The predicted molar refractivity (Wildman–Crippen MR) is 71.1 cm³/mol. The first-order chi connectivity index (χ1) is 8.40. The molecule has 0 radical (unpaired) electrons. The summed E-state index contributed by atoms with van der Waals surface area (Å²) in [4.78, 5) is 2.47. The summed E-state index contributed by atoms with van der Waals surface area (Å²) in [7, 11) is 0. The molecule has 1 aromatic rings. The third kappa shape index (κ3) is 3.69. The molecule has 1 fully saturated rings. The Morgan fingerprint density at radius 2 is 1.94 bits per heavy atom. The van der Waals surface area contributed by atoms with Crippen LogP contribution in [0, 0.1) is 0 Å². The summed E-state index contributed by atoms with van der Waals surface area (Å²) in [6.07, 6.45) is 4.34. The van der Waals surface area contributed by atoms with Crippen molar-refractivity contribution in [2.45, 2.75) is 18.9 Å². The van der Waals surface area contributed by atoms with Gasteiger partial charge in [-0.2, -0.15) is 0 Å². The number of hydrogen-bond donors (Lipinski definition) is 0. The van der Waals surface area contributed by atoms with E-state index >= 15 is 0 Å². The molecule has 0 bridgehead atoms. The van der Waals surface area contributed by atoms with E-state index in [-0.39, 0.29) is 0 Å². The second kappa shape index (κ2) is 6.58. The molecule has 17 heavy (non-hydrogen) atoms. The molecule has 0 aromatic heterocycles. The molecule has 1 atom stereocenters. The zero-order chi connectivity index (χ0) is 11.9. The summed E-state index contributed by atoms with van der Waals surface area (Å²) in [6, 6.07) is 11.1. The largest absolute Gasteiger partial charge is 0.379 e. The van der Waals surface area contributed by atoms with Crippen molar-refractivity contribution in [3.05, 3.63) is 48.6 Å². The van der Waals surface area contributed by atoms with Crippen LogP contribution in [0.2, 0.25) is 0 Å². The maximum absolute atomic E-state index is 5.38. The average Bonchev–Trinajstić information content (AvgIpc) is 2.42. The molecule has 0 amide bonds. The average molecular weight is 231 g/mol. The summed E-state index contributed by atoms with van der Waals surface area (Å²) in [5.41, 5.74) is 1.41. The molecule has 0 N–H and O–H groups in total. The summed E-state index contributed by atoms with van der Waals surface area (Å²) in [6.45, 7) is 7.75. The minimum absolute atomic E-state index is 0.485. The van der Waals surface area contributed by atoms with Gasteiger partial charge in [0, 0.05) is 19.1 Å². The molecule has 2 heteroatoms. The lowest BCUT2D eigenvalue weighted by Crippen LogP contribution is -2.42. The first-order valence-electron chi connectivity index (χ1n) is 6.38. The predicted octanol–water partition coefficient (Wildman–Crippen LogP) is 2.51. The van der Waals surface area contributed by atoms with Crippen LogP contribution in [0.3, 0.4) is 0 Å². The van der Waals surface area contributed by atoms with Crippen LogP contribution in [0.5, 0.6) is 0 Å². The second-order valence-electron chi connectivity index (χ2n) is 4.48. The zero-order valence-corrected chi connectivity index (χ0v) is 10.3. The zero-order valence-electron chi connectivity index (χ0n) is 10.3. The van der Waals surface area contributed by atoms with E-state index in [9.17, 15) is 0 Å². The minimum Gasteiger partial charge on any atom is -0.379 e. The van der Waals surface area contributed by atoms with Gasteiger partial charge in [0.25, 0.3) is 0 Å². The van der Waals surface area contributed by atoms with Crippen molar-refractivity contribution in [1.29, 1.82) is 0 Å². The van der Waals surface area contributed by atoms with Gasteiger partial charge in [-0.05, 0) is 18.4 Å². The number of benzene rings is 1. The first kappa shape index (κ1) is 12.3. The number of nitrogens with zero attached hydrogens (tertiary/aromatic N) is 1. The Labute approximate surface area is 104 Å². The van der Waals surface area contributed by atoms with Gasteiger partial charge in [0.15, 0.2) is 0 Å². The van der Waals surface area contributed by atoms with Crippen molar-refractivity contribution < 1.29 is 4.74 Å². The van der Waals surface area contributed by atoms with Crippen LogP contribution < -0.4 is 0 Å². The smallest absolute Gasteiger partial charge is 0.0594 e. The van der Waals surface area contributed by atoms with Gasteiger partial charge in [0.1, 0.15) is 0 Å². The van der Waals surface area contributed by atoms with Crippen LogP contribution in [-0.2, 0) is 11.2 Å². The summed E-state index contributed by atoms with van der Waals surface area (Å²) in [5.74, 6) is 0. The Hall–Kier alpha value is -1.12. The number of morpholine rings is 1. The molecule has 0 aliphatic carbocycles. The molecule has 0 saturated carbocycles.